The van der Waals surface area contributed by atoms with E-state index in [0.717, 1.165) is 6.26 Å². The van der Waals surface area contributed by atoms with Crippen molar-refractivity contribution >= 4 is 21.4 Å². The second-order valence-corrected chi connectivity index (χ2v) is 8.42. The number of anilines is 1. The number of hydrogen-bond donors (Lipinski definition) is 2. The third-order valence-electron chi connectivity index (χ3n) is 4.61. The molecule has 1 fully saturated rings. The van der Waals surface area contributed by atoms with Gasteiger partial charge in [0.15, 0.2) is 14.9 Å². The van der Waals surface area contributed by atoms with Crippen LogP contribution in [0.1, 0.15) is 27.2 Å². The Labute approximate surface area is 136 Å². The van der Waals surface area contributed by atoms with E-state index in [1.54, 1.807) is 0 Å². The summed E-state index contributed by atoms with van der Waals surface area (Å²) in [5.41, 5.74) is 5.16. The normalized spacial score (nSPS) is 26.4. The molecule has 0 spiro atoms. The zero-order valence-electron chi connectivity index (χ0n) is 13.8. The fourth-order valence-electron chi connectivity index (χ4n) is 2.74. The molecule has 128 valence electrons. The van der Waals surface area contributed by atoms with E-state index < -0.39 is 20.8 Å². The van der Waals surface area contributed by atoms with Crippen molar-refractivity contribution in [2.24, 2.45) is 11.1 Å². The Hall–Kier alpha value is -1.51. The molecule has 0 aromatic carbocycles. The number of nitrogens with zero attached hydrogens (tertiary/aromatic N) is 1. The molecule has 0 radical (unpaired) electrons. The Bertz CT molecular complexity index is 700. The first-order valence-electron chi connectivity index (χ1n) is 7.40. The van der Waals surface area contributed by atoms with Gasteiger partial charge in [0.05, 0.1) is 18.0 Å². The number of sulfone groups is 1. The number of nitrogens with one attached hydrogen (secondary N) is 1. The van der Waals surface area contributed by atoms with Gasteiger partial charge in [-0.05, 0) is 19.1 Å². The van der Waals surface area contributed by atoms with Crippen molar-refractivity contribution in [1.82, 2.24) is 4.98 Å². The number of amides is 1. The van der Waals surface area contributed by atoms with Crippen molar-refractivity contribution in [3.63, 3.8) is 0 Å². The summed E-state index contributed by atoms with van der Waals surface area (Å²) in [6, 6.07) is 2.85. The van der Waals surface area contributed by atoms with Crippen LogP contribution in [0.15, 0.2) is 23.4 Å². The summed E-state index contributed by atoms with van der Waals surface area (Å²) in [6.07, 6.45) is 2.76. The quantitative estimate of drug-likeness (QED) is 0.825. The fourth-order valence-corrected chi connectivity index (χ4v) is 3.30. The molecule has 1 aromatic rings. The smallest absolute Gasteiger partial charge is 0.245 e. The summed E-state index contributed by atoms with van der Waals surface area (Å²) in [6.45, 7) is 6.28. The molecule has 0 aliphatic heterocycles. The summed E-state index contributed by atoms with van der Waals surface area (Å²) in [7, 11) is -3.37. The third-order valence-corrected chi connectivity index (χ3v) is 5.61. The van der Waals surface area contributed by atoms with Gasteiger partial charge in [-0.1, -0.05) is 13.8 Å². The van der Waals surface area contributed by atoms with Crippen LogP contribution >= 0.6 is 0 Å². The Balaban J connectivity index is 2.11. The van der Waals surface area contributed by atoms with E-state index in [1.165, 1.54) is 18.3 Å². The maximum Gasteiger partial charge on any atom is 0.245 e. The van der Waals surface area contributed by atoms with E-state index in [4.69, 9.17) is 10.5 Å². The van der Waals surface area contributed by atoms with Crippen molar-refractivity contribution in [3.8, 4) is 0 Å². The standard InChI is InChI=1S/C15H23N3O4S/c1-5-22-11-8-15(16,14(11,2)3)13(19)18-10-6-7-12(17-9-10)23(4,20)21/h6-7,9,11H,5,8,16H2,1-4H3,(H,18,19). The molecule has 1 aliphatic carbocycles. The second kappa shape index (κ2) is 5.85. The molecule has 0 bridgehead atoms. The van der Waals surface area contributed by atoms with Crippen LogP contribution in [0.5, 0.6) is 0 Å². The van der Waals surface area contributed by atoms with Crippen molar-refractivity contribution in [3.05, 3.63) is 18.3 Å². The molecular formula is C15H23N3O4S. The van der Waals surface area contributed by atoms with Gasteiger partial charge in [-0.2, -0.15) is 0 Å². The lowest BCUT2D eigenvalue weighted by atomic mass is 9.54. The van der Waals surface area contributed by atoms with Crippen LogP contribution in [-0.4, -0.2) is 43.8 Å². The first-order valence-corrected chi connectivity index (χ1v) is 9.29. The highest BCUT2D eigenvalue weighted by Crippen LogP contribution is 2.50. The van der Waals surface area contributed by atoms with Gasteiger partial charge < -0.3 is 15.8 Å². The molecule has 23 heavy (non-hydrogen) atoms. The van der Waals surface area contributed by atoms with Crippen LogP contribution in [-0.2, 0) is 19.4 Å². The SMILES string of the molecule is CCOC1CC(N)(C(=O)Nc2ccc(S(C)(=O)=O)nc2)C1(C)C. The van der Waals surface area contributed by atoms with Crippen molar-refractivity contribution < 1.29 is 17.9 Å². The van der Waals surface area contributed by atoms with Gasteiger partial charge in [-0.25, -0.2) is 13.4 Å². The molecule has 1 aliphatic rings. The zero-order chi connectivity index (χ0) is 17.5. The predicted octanol–water partition coefficient (Wildman–Crippen LogP) is 0.956. The monoisotopic (exact) mass is 341 g/mol. The summed E-state index contributed by atoms with van der Waals surface area (Å²) in [4.78, 5) is 16.4. The van der Waals surface area contributed by atoms with Gasteiger partial charge in [-0.15, -0.1) is 0 Å². The van der Waals surface area contributed by atoms with Crippen LogP contribution in [0.2, 0.25) is 0 Å². The number of carbonyl (C=O) groups is 1. The minimum atomic E-state index is -3.37. The van der Waals surface area contributed by atoms with Crippen LogP contribution in [0.25, 0.3) is 0 Å². The van der Waals surface area contributed by atoms with Crippen molar-refractivity contribution in [2.75, 3.05) is 18.2 Å². The molecule has 7 nitrogen and oxygen atoms in total. The molecular weight excluding hydrogens is 318 g/mol. The summed E-state index contributed by atoms with van der Waals surface area (Å²) < 4.78 is 28.4. The average molecular weight is 341 g/mol. The van der Waals surface area contributed by atoms with E-state index in [9.17, 15) is 13.2 Å². The van der Waals surface area contributed by atoms with E-state index in [0.29, 0.717) is 18.7 Å². The van der Waals surface area contributed by atoms with Crippen LogP contribution in [0.3, 0.4) is 0 Å². The highest BCUT2D eigenvalue weighted by molar-refractivity contribution is 7.90. The maximum absolute atomic E-state index is 12.5. The number of pyridine rings is 1. The molecule has 2 rings (SSSR count). The lowest BCUT2D eigenvalue weighted by Crippen LogP contribution is -2.74. The Morgan fingerprint density at radius 2 is 2.13 bits per heavy atom. The van der Waals surface area contributed by atoms with Gasteiger partial charge in [0, 0.05) is 24.7 Å². The van der Waals surface area contributed by atoms with Crippen LogP contribution in [0.4, 0.5) is 5.69 Å². The number of nitrogens with two attached hydrogens (primary N) is 1. The summed E-state index contributed by atoms with van der Waals surface area (Å²) in [5.74, 6) is -0.327. The van der Waals surface area contributed by atoms with Gasteiger partial charge in [0.25, 0.3) is 0 Å². The summed E-state index contributed by atoms with van der Waals surface area (Å²) >= 11 is 0. The molecule has 3 N–H and O–H groups in total. The number of ether oxygens (including phenoxy) is 1. The van der Waals surface area contributed by atoms with E-state index in [1.807, 2.05) is 20.8 Å². The maximum atomic E-state index is 12.5. The lowest BCUT2D eigenvalue weighted by Gasteiger charge is -2.57. The molecule has 0 saturated heterocycles. The Morgan fingerprint density at radius 3 is 2.57 bits per heavy atom. The third kappa shape index (κ3) is 3.11. The molecule has 1 heterocycles. The van der Waals surface area contributed by atoms with Gasteiger partial charge in [-0.3, -0.25) is 4.79 Å². The van der Waals surface area contributed by atoms with Gasteiger partial charge in [0.1, 0.15) is 5.54 Å². The molecule has 8 heteroatoms. The zero-order valence-corrected chi connectivity index (χ0v) is 14.6. The van der Waals surface area contributed by atoms with E-state index >= 15 is 0 Å². The average Bonchev–Trinajstić information content (AvgIpc) is 2.46. The van der Waals surface area contributed by atoms with Gasteiger partial charge >= 0.3 is 0 Å². The molecule has 1 aromatic heterocycles. The molecule has 1 saturated carbocycles. The highest BCUT2D eigenvalue weighted by atomic mass is 32.2. The second-order valence-electron chi connectivity index (χ2n) is 6.45. The summed E-state index contributed by atoms with van der Waals surface area (Å²) in [5, 5.41) is 2.66. The first-order chi connectivity index (χ1) is 10.5. The fraction of sp³-hybridized carbons (Fsp3) is 0.600. The minimum Gasteiger partial charge on any atom is -0.378 e. The van der Waals surface area contributed by atoms with Crippen LogP contribution < -0.4 is 11.1 Å². The predicted molar refractivity (Wildman–Crippen MR) is 86.7 cm³/mol. The van der Waals surface area contributed by atoms with Crippen LogP contribution in [0, 0.1) is 5.41 Å². The minimum absolute atomic E-state index is 0.0432. The first kappa shape index (κ1) is 17.8. The Morgan fingerprint density at radius 1 is 1.48 bits per heavy atom. The highest BCUT2D eigenvalue weighted by Gasteiger charge is 2.62. The molecule has 2 unspecified atom stereocenters. The number of hydrogen-bond acceptors (Lipinski definition) is 6. The number of aromatic nitrogens is 1. The number of carbonyl (C=O) groups excluding carboxylic acids is 1. The van der Waals surface area contributed by atoms with Gasteiger partial charge in [0.2, 0.25) is 5.91 Å². The molecule has 1 amide bonds. The van der Waals surface area contributed by atoms with E-state index in [2.05, 4.69) is 10.3 Å². The topological polar surface area (TPSA) is 111 Å². The van der Waals surface area contributed by atoms with E-state index in [-0.39, 0.29) is 17.0 Å². The van der Waals surface area contributed by atoms with Crippen molar-refractivity contribution in [2.45, 2.75) is 43.9 Å². The Kier molecular flexibility index (Phi) is 4.53. The number of rotatable bonds is 5. The lowest BCUT2D eigenvalue weighted by molar-refractivity contribution is -0.166. The molecule has 2 atom stereocenters. The van der Waals surface area contributed by atoms with Crippen molar-refractivity contribution in [1.29, 1.82) is 0 Å². The largest absolute Gasteiger partial charge is 0.378 e.